The second-order valence-corrected chi connectivity index (χ2v) is 7.27. The molecule has 0 bridgehead atoms. The van der Waals surface area contributed by atoms with Gasteiger partial charge in [-0.3, -0.25) is 4.79 Å². The van der Waals surface area contributed by atoms with Gasteiger partial charge in [0.2, 0.25) is 5.91 Å². The number of amides is 1. The van der Waals surface area contributed by atoms with Gasteiger partial charge in [0.05, 0.1) is 6.10 Å². The summed E-state index contributed by atoms with van der Waals surface area (Å²) in [5, 5.41) is 6.76. The average molecular weight is 354 g/mol. The summed E-state index contributed by atoms with van der Waals surface area (Å²) in [6.45, 7) is 6.20. The van der Waals surface area contributed by atoms with E-state index in [-0.39, 0.29) is 18.6 Å². The van der Waals surface area contributed by atoms with Gasteiger partial charge >= 0.3 is 0 Å². The lowest BCUT2D eigenvalue weighted by atomic mass is 10.0. The number of carbonyl (C=O) groups is 1. The minimum absolute atomic E-state index is 0.00398. The summed E-state index contributed by atoms with van der Waals surface area (Å²) in [7, 11) is 3.50. The molecule has 2 N–H and O–H groups in total. The molecule has 0 aromatic rings. The minimum Gasteiger partial charge on any atom is -0.382 e. The van der Waals surface area contributed by atoms with Crippen molar-refractivity contribution in [3.63, 3.8) is 0 Å². The van der Waals surface area contributed by atoms with Crippen LogP contribution in [0.3, 0.4) is 0 Å². The zero-order valence-corrected chi connectivity index (χ0v) is 16.0. The van der Waals surface area contributed by atoms with E-state index >= 15 is 0 Å². The predicted octanol–water partition coefficient (Wildman–Crippen LogP) is 0.996. The van der Waals surface area contributed by atoms with Crippen molar-refractivity contribution in [2.24, 2.45) is 10.4 Å². The number of hydrogen-bond acceptors (Lipinski definition) is 4. The number of hydrogen-bond donors (Lipinski definition) is 2. The Morgan fingerprint density at radius 1 is 1.36 bits per heavy atom. The second-order valence-electron chi connectivity index (χ2n) is 7.27. The van der Waals surface area contributed by atoms with Gasteiger partial charge < -0.3 is 25.0 Å². The van der Waals surface area contributed by atoms with Crippen LogP contribution in [0.15, 0.2) is 4.99 Å². The van der Waals surface area contributed by atoms with Gasteiger partial charge in [0.25, 0.3) is 0 Å². The van der Waals surface area contributed by atoms with Gasteiger partial charge in [-0.15, -0.1) is 0 Å². The number of guanidine groups is 1. The summed E-state index contributed by atoms with van der Waals surface area (Å²) >= 11 is 0. The van der Waals surface area contributed by atoms with Gasteiger partial charge in [-0.1, -0.05) is 0 Å². The highest BCUT2D eigenvalue weighted by molar-refractivity contribution is 5.84. The van der Waals surface area contributed by atoms with Crippen molar-refractivity contribution in [3.05, 3.63) is 0 Å². The van der Waals surface area contributed by atoms with Crippen molar-refractivity contribution in [2.75, 3.05) is 53.6 Å². The molecule has 144 valence electrons. The summed E-state index contributed by atoms with van der Waals surface area (Å²) in [5.74, 6) is 0.698. The molecule has 2 aliphatic rings. The Balaban J connectivity index is 1.82. The van der Waals surface area contributed by atoms with Crippen LogP contribution in [-0.2, 0) is 14.3 Å². The Morgan fingerprint density at radius 3 is 2.76 bits per heavy atom. The van der Waals surface area contributed by atoms with E-state index in [1.54, 1.807) is 19.0 Å². The Morgan fingerprint density at radius 2 is 2.16 bits per heavy atom. The fraction of sp³-hybridized carbons (Fsp3) is 0.889. The Hall–Kier alpha value is -1.34. The number of aliphatic imine (C=N–C) groups is 1. The molecule has 0 radical (unpaired) electrons. The van der Waals surface area contributed by atoms with Gasteiger partial charge in [-0.2, -0.15) is 0 Å². The van der Waals surface area contributed by atoms with Gasteiger partial charge in [-0.05, 0) is 44.4 Å². The minimum atomic E-state index is -0.00398. The normalized spacial score (nSPS) is 21.9. The van der Waals surface area contributed by atoms with Crippen LogP contribution in [0.25, 0.3) is 0 Å². The number of carbonyl (C=O) groups excluding carboxylic acids is 1. The molecule has 1 amide bonds. The van der Waals surface area contributed by atoms with E-state index in [1.807, 2.05) is 6.92 Å². The van der Waals surface area contributed by atoms with Crippen LogP contribution >= 0.6 is 0 Å². The lowest BCUT2D eigenvalue weighted by Crippen LogP contribution is -2.44. The molecule has 1 aliphatic heterocycles. The molecule has 1 saturated carbocycles. The van der Waals surface area contributed by atoms with Crippen molar-refractivity contribution in [1.29, 1.82) is 0 Å². The molecule has 1 heterocycles. The molecule has 0 aromatic carbocycles. The number of rotatable bonds is 10. The summed E-state index contributed by atoms with van der Waals surface area (Å²) in [5.41, 5.74) is 0.326. The van der Waals surface area contributed by atoms with Crippen LogP contribution < -0.4 is 10.6 Å². The fourth-order valence-electron chi connectivity index (χ4n) is 2.87. The van der Waals surface area contributed by atoms with E-state index in [1.165, 1.54) is 12.8 Å². The van der Waals surface area contributed by atoms with Crippen LogP contribution in [0.2, 0.25) is 0 Å². The number of likely N-dealkylation sites (N-methyl/N-ethyl adjacent to an activating group) is 1. The number of nitrogens with one attached hydrogen (secondary N) is 2. The van der Waals surface area contributed by atoms with E-state index < -0.39 is 0 Å². The van der Waals surface area contributed by atoms with Crippen molar-refractivity contribution in [1.82, 2.24) is 15.5 Å². The van der Waals surface area contributed by atoms with Gasteiger partial charge in [0, 0.05) is 47.0 Å². The summed E-state index contributed by atoms with van der Waals surface area (Å²) in [6, 6.07) is 0. The van der Waals surface area contributed by atoms with Gasteiger partial charge in [0.15, 0.2) is 5.96 Å². The fourth-order valence-corrected chi connectivity index (χ4v) is 2.87. The van der Waals surface area contributed by atoms with Crippen molar-refractivity contribution < 1.29 is 14.3 Å². The van der Waals surface area contributed by atoms with Gasteiger partial charge in [-0.25, -0.2) is 4.99 Å². The third-order valence-corrected chi connectivity index (χ3v) is 4.96. The van der Waals surface area contributed by atoms with Crippen LogP contribution in [0.1, 0.15) is 39.0 Å². The molecule has 25 heavy (non-hydrogen) atoms. The molecule has 0 aromatic heterocycles. The first kappa shape index (κ1) is 20.0. The molecular formula is C18H34N4O3. The molecule has 1 unspecified atom stereocenters. The topological polar surface area (TPSA) is 75.2 Å². The third-order valence-electron chi connectivity index (χ3n) is 4.96. The molecule has 7 nitrogen and oxygen atoms in total. The largest absolute Gasteiger partial charge is 0.382 e. The van der Waals surface area contributed by atoms with Crippen molar-refractivity contribution >= 4 is 11.9 Å². The smallest absolute Gasteiger partial charge is 0.243 e. The van der Waals surface area contributed by atoms with E-state index in [2.05, 4.69) is 15.6 Å². The zero-order chi connectivity index (χ0) is 18.1. The first-order valence-corrected chi connectivity index (χ1v) is 9.46. The first-order chi connectivity index (χ1) is 12.0. The highest BCUT2D eigenvalue weighted by atomic mass is 16.5. The van der Waals surface area contributed by atoms with Crippen LogP contribution in [0.5, 0.6) is 0 Å². The van der Waals surface area contributed by atoms with Crippen molar-refractivity contribution in [2.45, 2.75) is 45.1 Å². The first-order valence-electron chi connectivity index (χ1n) is 9.46. The molecular weight excluding hydrogens is 320 g/mol. The number of ether oxygens (including phenoxy) is 2. The SMILES string of the molecule is CCOCCC1(CNC(=NCC(=O)N(C)C)NCC2CCCO2)CC1. The quantitative estimate of drug-likeness (QED) is 0.348. The lowest BCUT2D eigenvalue weighted by Gasteiger charge is -2.20. The second kappa shape index (κ2) is 9.97. The standard InChI is InChI=1S/C18H34N4O3/c1-4-24-11-9-18(7-8-18)14-21-17(20-13-16(23)22(2)3)19-12-15-6-5-10-25-15/h15H,4-14H2,1-3H3,(H2,19,20,21). The molecule has 0 spiro atoms. The molecule has 1 saturated heterocycles. The maximum atomic E-state index is 11.8. The summed E-state index contributed by atoms with van der Waals surface area (Å²) < 4.78 is 11.1. The Kier molecular flexibility index (Phi) is 7.96. The summed E-state index contributed by atoms with van der Waals surface area (Å²) in [4.78, 5) is 17.8. The zero-order valence-electron chi connectivity index (χ0n) is 16.0. The van der Waals surface area contributed by atoms with E-state index in [0.717, 1.165) is 52.2 Å². The Bertz CT molecular complexity index is 444. The predicted molar refractivity (Wildman–Crippen MR) is 98.8 cm³/mol. The maximum absolute atomic E-state index is 11.8. The van der Waals surface area contributed by atoms with Crippen LogP contribution in [0, 0.1) is 5.41 Å². The van der Waals surface area contributed by atoms with E-state index in [4.69, 9.17) is 9.47 Å². The average Bonchev–Trinajstić information content (AvgIpc) is 3.16. The molecule has 2 fully saturated rings. The molecule has 2 rings (SSSR count). The van der Waals surface area contributed by atoms with Crippen molar-refractivity contribution in [3.8, 4) is 0 Å². The molecule has 1 atom stereocenters. The van der Waals surface area contributed by atoms with Gasteiger partial charge in [0.1, 0.15) is 6.54 Å². The summed E-state index contributed by atoms with van der Waals surface area (Å²) in [6.07, 6.45) is 5.96. The highest BCUT2D eigenvalue weighted by Gasteiger charge is 2.42. The molecule has 7 heteroatoms. The van der Waals surface area contributed by atoms with E-state index in [9.17, 15) is 4.79 Å². The third kappa shape index (κ3) is 7.20. The van der Waals surface area contributed by atoms with Crippen LogP contribution in [0.4, 0.5) is 0 Å². The van der Waals surface area contributed by atoms with Crippen LogP contribution in [-0.4, -0.2) is 76.4 Å². The Labute approximate surface area is 151 Å². The highest BCUT2D eigenvalue weighted by Crippen LogP contribution is 2.48. The number of nitrogens with zero attached hydrogens (tertiary/aromatic N) is 2. The monoisotopic (exact) mass is 354 g/mol. The molecule has 1 aliphatic carbocycles. The van der Waals surface area contributed by atoms with E-state index in [0.29, 0.717) is 11.4 Å². The maximum Gasteiger partial charge on any atom is 0.243 e. The lowest BCUT2D eigenvalue weighted by molar-refractivity contribution is -0.127.